The molecule has 3 rings (SSSR count). The molecule has 0 aliphatic carbocycles. The van der Waals surface area contributed by atoms with E-state index in [9.17, 15) is 4.79 Å². The Morgan fingerprint density at radius 1 is 1.29 bits per heavy atom. The van der Waals surface area contributed by atoms with Crippen molar-refractivity contribution in [1.29, 1.82) is 0 Å². The first-order valence-corrected chi connectivity index (χ1v) is 9.06. The van der Waals surface area contributed by atoms with Crippen molar-refractivity contribution in [2.24, 2.45) is 0 Å². The van der Waals surface area contributed by atoms with E-state index in [-0.39, 0.29) is 11.9 Å². The molecule has 0 aliphatic rings. The number of para-hydroxylation sites is 1. The molecule has 0 bridgehead atoms. The van der Waals surface area contributed by atoms with Gasteiger partial charge in [-0.1, -0.05) is 18.2 Å². The van der Waals surface area contributed by atoms with Gasteiger partial charge in [-0.3, -0.25) is 4.79 Å². The van der Waals surface area contributed by atoms with Gasteiger partial charge in [-0.15, -0.1) is 0 Å². The number of hydrogen-bond acceptors (Lipinski definition) is 4. The van der Waals surface area contributed by atoms with Crippen molar-refractivity contribution in [2.75, 3.05) is 6.26 Å². The van der Waals surface area contributed by atoms with Crippen LogP contribution in [0.15, 0.2) is 59.3 Å². The maximum atomic E-state index is 12.4. The van der Waals surface area contributed by atoms with E-state index in [2.05, 4.69) is 10.4 Å². The SMILES string of the molecule is CSCc1ccc(C(=O)N[C@@H](C)c2ccccc2-n2cccn2)o1. The molecule has 2 aromatic heterocycles. The maximum absolute atomic E-state index is 12.4. The molecule has 1 amide bonds. The lowest BCUT2D eigenvalue weighted by Gasteiger charge is -2.17. The van der Waals surface area contributed by atoms with Crippen LogP contribution in [0, 0.1) is 0 Å². The number of hydrogen-bond donors (Lipinski definition) is 1. The second-order valence-corrected chi connectivity index (χ2v) is 6.27. The molecule has 0 aliphatic heterocycles. The van der Waals surface area contributed by atoms with Gasteiger partial charge in [0.15, 0.2) is 5.76 Å². The number of rotatable bonds is 6. The van der Waals surface area contributed by atoms with Crippen molar-refractivity contribution in [3.05, 3.63) is 71.9 Å². The Kier molecular flexibility index (Phi) is 5.05. The van der Waals surface area contributed by atoms with Crippen LogP contribution in [0.2, 0.25) is 0 Å². The Morgan fingerprint density at radius 2 is 2.12 bits per heavy atom. The van der Waals surface area contributed by atoms with E-state index in [0.29, 0.717) is 5.76 Å². The molecule has 0 spiro atoms. The largest absolute Gasteiger partial charge is 0.455 e. The molecule has 1 N–H and O–H groups in total. The molecular formula is C18H19N3O2S. The van der Waals surface area contributed by atoms with Crippen LogP contribution in [0.4, 0.5) is 0 Å². The van der Waals surface area contributed by atoms with Gasteiger partial charge in [0, 0.05) is 12.4 Å². The number of carbonyl (C=O) groups excluding carboxylic acids is 1. The molecule has 6 heteroatoms. The Hall–Kier alpha value is -2.47. The summed E-state index contributed by atoms with van der Waals surface area (Å²) in [5.74, 6) is 1.68. The Balaban J connectivity index is 1.77. The number of nitrogens with one attached hydrogen (secondary N) is 1. The summed E-state index contributed by atoms with van der Waals surface area (Å²) in [7, 11) is 0. The van der Waals surface area contributed by atoms with Crippen molar-refractivity contribution in [3.63, 3.8) is 0 Å². The summed E-state index contributed by atoms with van der Waals surface area (Å²) in [6, 6.07) is 13.1. The number of furan rings is 1. The first-order valence-electron chi connectivity index (χ1n) is 7.66. The molecular weight excluding hydrogens is 322 g/mol. The lowest BCUT2D eigenvalue weighted by Crippen LogP contribution is -2.27. The Morgan fingerprint density at radius 3 is 2.88 bits per heavy atom. The number of benzene rings is 1. The fraction of sp³-hybridized carbons (Fsp3) is 0.222. The van der Waals surface area contributed by atoms with Crippen LogP contribution in [0.1, 0.15) is 34.8 Å². The third-order valence-electron chi connectivity index (χ3n) is 3.67. The molecule has 0 fully saturated rings. The second kappa shape index (κ2) is 7.40. The van der Waals surface area contributed by atoms with Crippen LogP contribution in [0.5, 0.6) is 0 Å². The average Bonchev–Trinajstić information content (AvgIpc) is 3.27. The van der Waals surface area contributed by atoms with Crippen molar-refractivity contribution in [1.82, 2.24) is 15.1 Å². The first-order chi connectivity index (χ1) is 11.7. The molecule has 0 radical (unpaired) electrons. The molecule has 0 saturated carbocycles. The third kappa shape index (κ3) is 3.54. The van der Waals surface area contributed by atoms with E-state index in [0.717, 1.165) is 22.8 Å². The topological polar surface area (TPSA) is 60.1 Å². The molecule has 3 aromatic rings. The van der Waals surface area contributed by atoms with Gasteiger partial charge < -0.3 is 9.73 Å². The maximum Gasteiger partial charge on any atom is 0.287 e. The van der Waals surface area contributed by atoms with E-state index >= 15 is 0 Å². The fourth-order valence-electron chi connectivity index (χ4n) is 2.54. The van der Waals surface area contributed by atoms with Crippen molar-refractivity contribution >= 4 is 17.7 Å². The van der Waals surface area contributed by atoms with E-state index in [1.807, 2.05) is 55.8 Å². The van der Waals surface area contributed by atoms with Crippen molar-refractivity contribution in [2.45, 2.75) is 18.7 Å². The van der Waals surface area contributed by atoms with Crippen LogP contribution in [0.3, 0.4) is 0 Å². The van der Waals surface area contributed by atoms with E-state index in [4.69, 9.17) is 4.42 Å². The minimum absolute atomic E-state index is 0.174. The highest BCUT2D eigenvalue weighted by atomic mass is 32.2. The first kappa shape index (κ1) is 16.4. The van der Waals surface area contributed by atoms with E-state index in [1.54, 1.807) is 28.7 Å². The minimum Gasteiger partial charge on any atom is -0.455 e. The summed E-state index contributed by atoms with van der Waals surface area (Å²) >= 11 is 1.66. The number of carbonyl (C=O) groups is 1. The van der Waals surface area contributed by atoms with Gasteiger partial charge in [0.05, 0.1) is 17.5 Å². The third-order valence-corrected chi connectivity index (χ3v) is 4.25. The van der Waals surface area contributed by atoms with Gasteiger partial charge in [-0.2, -0.15) is 16.9 Å². The molecule has 24 heavy (non-hydrogen) atoms. The number of nitrogens with zero attached hydrogens (tertiary/aromatic N) is 2. The molecule has 2 heterocycles. The second-order valence-electron chi connectivity index (χ2n) is 5.40. The zero-order valence-corrected chi connectivity index (χ0v) is 14.4. The van der Waals surface area contributed by atoms with Crippen LogP contribution >= 0.6 is 11.8 Å². The zero-order valence-electron chi connectivity index (χ0n) is 13.6. The quantitative estimate of drug-likeness (QED) is 0.740. The molecule has 1 aromatic carbocycles. The zero-order chi connectivity index (χ0) is 16.9. The molecule has 0 unspecified atom stereocenters. The highest BCUT2D eigenvalue weighted by Crippen LogP contribution is 2.22. The molecule has 1 atom stereocenters. The normalized spacial score (nSPS) is 12.1. The molecule has 0 saturated heterocycles. The van der Waals surface area contributed by atoms with Gasteiger partial charge in [0.1, 0.15) is 5.76 Å². The van der Waals surface area contributed by atoms with Crippen molar-refractivity contribution in [3.8, 4) is 5.69 Å². The van der Waals surface area contributed by atoms with Gasteiger partial charge in [0.2, 0.25) is 0 Å². The summed E-state index contributed by atoms with van der Waals surface area (Å²) in [6.07, 6.45) is 5.61. The fourth-order valence-corrected chi connectivity index (χ4v) is 2.98. The smallest absolute Gasteiger partial charge is 0.287 e. The lowest BCUT2D eigenvalue weighted by atomic mass is 10.1. The van der Waals surface area contributed by atoms with Crippen molar-refractivity contribution < 1.29 is 9.21 Å². The summed E-state index contributed by atoms with van der Waals surface area (Å²) < 4.78 is 7.37. The Labute approximate surface area is 145 Å². The predicted molar refractivity (Wildman–Crippen MR) is 95.4 cm³/mol. The van der Waals surface area contributed by atoms with Crippen LogP contribution in [-0.4, -0.2) is 21.9 Å². The summed E-state index contributed by atoms with van der Waals surface area (Å²) in [5.41, 5.74) is 1.93. The van der Waals surface area contributed by atoms with Crippen LogP contribution in [-0.2, 0) is 5.75 Å². The summed E-state index contributed by atoms with van der Waals surface area (Å²) in [6.45, 7) is 1.95. The molecule has 124 valence electrons. The van der Waals surface area contributed by atoms with E-state index in [1.165, 1.54) is 0 Å². The van der Waals surface area contributed by atoms with E-state index < -0.39 is 0 Å². The van der Waals surface area contributed by atoms with Gasteiger partial charge in [-0.25, -0.2) is 4.68 Å². The summed E-state index contributed by atoms with van der Waals surface area (Å²) in [4.78, 5) is 12.4. The predicted octanol–water partition coefficient (Wildman–Crippen LogP) is 3.82. The minimum atomic E-state index is -0.217. The van der Waals surface area contributed by atoms with Gasteiger partial charge >= 0.3 is 0 Å². The standard InChI is InChI=1S/C18H19N3O2S/c1-13(20-18(22)17-9-8-14(23-17)12-24-2)15-6-3-4-7-16(15)21-11-5-10-19-21/h3-11,13H,12H2,1-2H3,(H,20,22)/t13-/m0/s1. The summed E-state index contributed by atoms with van der Waals surface area (Å²) in [5, 5.41) is 7.26. The van der Waals surface area contributed by atoms with Gasteiger partial charge in [-0.05, 0) is 43.0 Å². The number of amides is 1. The average molecular weight is 341 g/mol. The number of aromatic nitrogens is 2. The molecule has 5 nitrogen and oxygen atoms in total. The van der Waals surface area contributed by atoms with Crippen LogP contribution in [0.25, 0.3) is 5.69 Å². The Bertz CT molecular complexity index is 811. The number of thioether (sulfide) groups is 1. The highest BCUT2D eigenvalue weighted by molar-refractivity contribution is 7.97. The van der Waals surface area contributed by atoms with Gasteiger partial charge in [0.25, 0.3) is 5.91 Å². The monoisotopic (exact) mass is 341 g/mol. The lowest BCUT2D eigenvalue weighted by molar-refractivity contribution is 0.0910. The van der Waals surface area contributed by atoms with Crippen LogP contribution < -0.4 is 5.32 Å². The highest BCUT2D eigenvalue weighted by Gasteiger charge is 2.17.